The van der Waals surface area contributed by atoms with Gasteiger partial charge in [-0.05, 0) is 38.0 Å². The lowest BCUT2D eigenvalue weighted by Crippen LogP contribution is -2.15. The summed E-state index contributed by atoms with van der Waals surface area (Å²) in [5, 5.41) is 12.4. The van der Waals surface area contributed by atoms with Crippen LogP contribution in [0.25, 0.3) is 0 Å². The fourth-order valence-corrected chi connectivity index (χ4v) is 3.69. The third-order valence-electron chi connectivity index (χ3n) is 3.37. The number of carbonyl (C=O) groups is 1. The maximum Gasteiger partial charge on any atom is 0.303 e. The van der Waals surface area contributed by atoms with Gasteiger partial charge in [-0.3, -0.25) is 9.52 Å². The van der Waals surface area contributed by atoms with E-state index in [1.165, 1.54) is 21.0 Å². The summed E-state index contributed by atoms with van der Waals surface area (Å²) in [7, 11) is -2.50. The summed E-state index contributed by atoms with van der Waals surface area (Å²) in [6, 6.07) is 4.83. The lowest BCUT2D eigenvalue weighted by molar-refractivity contribution is -0.136. The van der Waals surface area contributed by atoms with Crippen LogP contribution < -0.4 is 9.46 Å². The molecule has 0 bridgehead atoms. The second-order valence-corrected chi connectivity index (χ2v) is 6.81. The van der Waals surface area contributed by atoms with Crippen molar-refractivity contribution in [3.05, 3.63) is 35.2 Å². The van der Waals surface area contributed by atoms with Crippen LogP contribution in [0.4, 0.5) is 5.69 Å². The number of anilines is 1. The maximum absolute atomic E-state index is 12.6. The van der Waals surface area contributed by atoms with Gasteiger partial charge < -0.3 is 14.4 Å². The first-order chi connectivity index (χ1) is 11.2. The average molecular weight is 354 g/mol. The standard InChI is InChI=1S/C15H18N2O6S/c1-9-15(10(2)23-16-9)24(20,21)17-12-8-11(5-7-14(18)19)4-6-13(12)22-3/h4,6,8,17H,5,7H2,1-3H3,(H,18,19). The number of carboxylic acids is 1. The number of sulfonamides is 1. The average Bonchev–Trinajstić information content (AvgIpc) is 2.84. The smallest absolute Gasteiger partial charge is 0.303 e. The number of nitrogens with zero attached hydrogens (tertiary/aromatic N) is 1. The quantitative estimate of drug-likeness (QED) is 0.781. The highest BCUT2D eigenvalue weighted by Crippen LogP contribution is 2.30. The number of methoxy groups -OCH3 is 1. The van der Waals surface area contributed by atoms with E-state index in [-0.39, 0.29) is 34.9 Å². The minimum absolute atomic E-state index is 0.0273. The van der Waals surface area contributed by atoms with E-state index in [0.717, 1.165) is 0 Å². The van der Waals surface area contributed by atoms with E-state index < -0.39 is 16.0 Å². The summed E-state index contributed by atoms with van der Waals surface area (Å²) in [6.45, 7) is 3.04. The summed E-state index contributed by atoms with van der Waals surface area (Å²) in [5.74, 6) is -0.422. The number of carboxylic acid groups (broad SMARTS) is 1. The molecule has 130 valence electrons. The van der Waals surface area contributed by atoms with Crippen LogP contribution in [0.3, 0.4) is 0 Å². The molecule has 2 rings (SSSR count). The fraction of sp³-hybridized carbons (Fsp3) is 0.333. The summed E-state index contributed by atoms with van der Waals surface area (Å²) >= 11 is 0. The van der Waals surface area contributed by atoms with Crippen LogP contribution in [-0.4, -0.2) is 31.8 Å². The van der Waals surface area contributed by atoms with E-state index in [9.17, 15) is 13.2 Å². The van der Waals surface area contributed by atoms with E-state index in [4.69, 9.17) is 14.4 Å². The topological polar surface area (TPSA) is 119 Å². The van der Waals surface area contributed by atoms with Gasteiger partial charge in [0, 0.05) is 6.42 Å². The molecule has 0 amide bonds. The molecule has 1 aromatic heterocycles. The molecule has 0 atom stereocenters. The Bertz CT molecular complexity index is 837. The molecule has 1 aromatic carbocycles. The Labute approximate surface area is 139 Å². The van der Waals surface area contributed by atoms with Crippen molar-refractivity contribution in [2.75, 3.05) is 11.8 Å². The molecular weight excluding hydrogens is 336 g/mol. The predicted octanol–water partition coefficient (Wildman–Crippen LogP) is 2.12. The number of hydrogen-bond acceptors (Lipinski definition) is 6. The monoisotopic (exact) mass is 354 g/mol. The molecule has 0 radical (unpaired) electrons. The zero-order valence-electron chi connectivity index (χ0n) is 13.5. The zero-order chi connectivity index (χ0) is 17.9. The predicted molar refractivity (Wildman–Crippen MR) is 85.7 cm³/mol. The number of benzene rings is 1. The number of aliphatic carboxylic acids is 1. The fourth-order valence-electron chi connectivity index (χ4n) is 2.30. The minimum Gasteiger partial charge on any atom is -0.495 e. The Hall–Kier alpha value is -2.55. The van der Waals surface area contributed by atoms with Crippen molar-refractivity contribution in [1.82, 2.24) is 5.16 Å². The van der Waals surface area contributed by atoms with Crippen molar-refractivity contribution < 1.29 is 27.6 Å². The molecule has 0 fully saturated rings. The summed E-state index contributed by atoms with van der Waals surface area (Å²) in [4.78, 5) is 10.7. The van der Waals surface area contributed by atoms with Crippen LogP contribution in [-0.2, 0) is 21.2 Å². The van der Waals surface area contributed by atoms with Crippen molar-refractivity contribution in [2.45, 2.75) is 31.6 Å². The van der Waals surface area contributed by atoms with E-state index in [1.54, 1.807) is 18.2 Å². The van der Waals surface area contributed by atoms with Crippen molar-refractivity contribution in [3.63, 3.8) is 0 Å². The Morgan fingerprint density at radius 3 is 2.62 bits per heavy atom. The third-order valence-corrected chi connectivity index (χ3v) is 4.98. The first-order valence-corrected chi connectivity index (χ1v) is 8.57. The molecule has 0 aliphatic rings. The SMILES string of the molecule is COc1ccc(CCC(=O)O)cc1NS(=O)(=O)c1c(C)noc1C. The molecule has 0 saturated carbocycles. The Morgan fingerprint density at radius 2 is 2.08 bits per heavy atom. The Balaban J connectivity index is 2.36. The second-order valence-electron chi connectivity index (χ2n) is 5.19. The van der Waals surface area contributed by atoms with Crippen molar-refractivity contribution in [1.29, 1.82) is 0 Å². The number of nitrogens with one attached hydrogen (secondary N) is 1. The van der Waals surface area contributed by atoms with Crippen LogP contribution in [0, 0.1) is 13.8 Å². The molecule has 0 saturated heterocycles. The van der Waals surface area contributed by atoms with Crippen LogP contribution in [0.2, 0.25) is 0 Å². The lowest BCUT2D eigenvalue weighted by Gasteiger charge is -2.13. The van der Waals surface area contributed by atoms with E-state index in [1.807, 2.05) is 0 Å². The van der Waals surface area contributed by atoms with Gasteiger partial charge >= 0.3 is 5.97 Å². The largest absolute Gasteiger partial charge is 0.495 e. The summed E-state index contributed by atoms with van der Waals surface area (Å²) in [5.41, 5.74) is 1.15. The number of aromatic nitrogens is 1. The first kappa shape index (κ1) is 17.8. The van der Waals surface area contributed by atoms with Gasteiger partial charge in [-0.15, -0.1) is 0 Å². The molecule has 2 N–H and O–H groups in total. The number of aryl methyl sites for hydroxylation is 3. The molecule has 0 aliphatic heterocycles. The van der Waals surface area contributed by atoms with Crippen molar-refractivity contribution in [3.8, 4) is 5.75 Å². The van der Waals surface area contributed by atoms with Gasteiger partial charge in [0.15, 0.2) is 10.7 Å². The molecule has 24 heavy (non-hydrogen) atoms. The third kappa shape index (κ3) is 3.85. The highest BCUT2D eigenvalue weighted by molar-refractivity contribution is 7.92. The number of ether oxygens (including phenoxy) is 1. The molecule has 0 unspecified atom stereocenters. The molecule has 9 heteroatoms. The number of rotatable bonds is 7. The van der Waals surface area contributed by atoms with E-state index in [2.05, 4.69) is 9.88 Å². The van der Waals surface area contributed by atoms with Gasteiger partial charge in [-0.2, -0.15) is 0 Å². The first-order valence-electron chi connectivity index (χ1n) is 7.09. The molecule has 0 aliphatic carbocycles. The second kappa shape index (κ2) is 6.91. The van der Waals surface area contributed by atoms with Crippen molar-refractivity contribution >= 4 is 21.7 Å². The van der Waals surface area contributed by atoms with Gasteiger partial charge in [0.05, 0.1) is 12.8 Å². The van der Waals surface area contributed by atoms with Gasteiger partial charge in [0.2, 0.25) is 0 Å². The molecule has 8 nitrogen and oxygen atoms in total. The lowest BCUT2D eigenvalue weighted by atomic mass is 10.1. The van der Waals surface area contributed by atoms with Gasteiger partial charge in [-0.1, -0.05) is 11.2 Å². The number of hydrogen-bond donors (Lipinski definition) is 2. The highest BCUT2D eigenvalue weighted by atomic mass is 32.2. The van der Waals surface area contributed by atoms with Crippen LogP contribution in [0.5, 0.6) is 5.75 Å². The molecule has 2 aromatic rings. The van der Waals surface area contributed by atoms with Crippen LogP contribution >= 0.6 is 0 Å². The molecule has 1 heterocycles. The normalized spacial score (nSPS) is 11.3. The summed E-state index contributed by atoms with van der Waals surface area (Å²) in [6.07, 6.45) is 0.224. The van der Waals surface area contributed by atoms with Crippen LogP contribution in [0.1, 0.15) is 23.4 Å². The molecular formula is C15H18N2O6S. The van der Waals surface area contributed by atoms with Crippen molar-refractivity contribution in [2.24, 2.45) is 0 Å². The maximum atomic E-state index is 12.6. The van der Waals surface area contributed by atoms with Gasteiger partial charge in [0.25, 0.3) is 10.0 Å². The minimum atomic E-state index is -3.91. The van der Waals surface area contributed by atoms with Gasteiger partial charge in [-0.25, -0.2) is 8.42 Å². The molecule has 0 spiro atoms. The van der Waals surface area contributed by atoms with E-state index in [0.29, 0.717) is 11.3 Å². The Kier molecular flexibility index (Phi) is 5.13. The highest BCUT2D eigenvalue weighted by Gasteiger charge is 2.25. The summed E-state index contributed by atoms with van der Waals surface area (Å²) < 4.78 is 37.7. The van der Waals surface area contributed by atoms with Crippen LogP contribution in [0.15, 0.2) is 27.6 Å². The zero-order valence-corrected chi connectivity index (χ0v) is 14.3. The van der Waals surface area contributed by atoms with E-state index >= 15 is 0 Å². The Morgan fingerprint density at radius 1 is 1.38 bits per heavy atom. The van der Waals surface area contributed by atoms with Gasteiger partial charge in [0.1, 0.15) is 11.4 Å².